The molecule has 0 aliphatic rings. The zero-order valence-corrected chi connectivity index (χ0v) is 19.5. The van der Waals surface area contributed by atoms with Gasteiger partial charge in [0.15, 0.2) is 5.82 Å². The van der Waals surface area contributed by atoms with E-state index >= 15 is 0 Å². The Balaban J connectivity index is 1.31. The fraction of sp³-hybridized carbons (Fsp3) is 0.0741. The number of aryl methyl sites for hydroxylation is 1. The Morgan fingerprint density at radius 2 is 1.75 bits per heavy atom. The quantitative estimate of drug-likeness (QED) is 0.299. The van der Waals surface area contributed by atoms with Gasteiger partial charge in [0.2, 0.25) is 11.8 Å². The monoisotopic (exact) mass is 477 g/mol. The van der Waals surface area contributed by atoms with Crippen LogP contribution in [-0.2, 0) is 6.61 Å². The molecule has 0 aliphatic carbocycles. The number of aliphatic hydroxyl groups excluding tert-OH is 1. The van der Waals surface area contributed by atoms with E-state index in [1.54, 1.807) is 18.5 Å². The van der Waals surface area contributed by atoms with Crippen LogP contribution in [0.3, 0.4) is 0 Å². The first kappa shape index (κ1) is 22.9. The first-order valence-corrected chi connectivity index (χ1v) is 11.2. The summed E-state index contributed by atoms with van der Waals surface area (Å²) in [6.45, 7) is 1.95. The van der Waals surface area contributed by atoms with Crippen molar-refractivity contribution in [3.63, 3.8) is 0 Å². The van der Waals surface area contributed by atoms with Crippen molar-refractivity contribution in [2.45, 2.75) is 13.5 Å². The molecule has 0 bridgehead atoms. The summed E-state index contributed by atoms with van der Waals surface area (Å²) in [6, 6.07) is 22.5. The Kier molecular flexibility index (Phi) is 6.46. The average molecular weight is 478 g/mol. The molecule has 0 radical (unpaired) electrons. The van der Waals surface area contributed by atoms with Crippen LogP contribution in [0.2, 0.25) is 0 Å². The maximum absolute atomic E-state index is 9.38. The van der Waals surface area contributed by atoms with Gasteiger partial charge in [-0.2, -0.15) is 0 Å². The Morgan fingerprint density at radius 1 is 0.889 bits per heavy atom. The normalized spacial score (nSPS) is 10.7. The van der Waals surface area contributed by atoms with Gasteiger partial charge < -0.3 is 20.9 Å². The number of anilines is 3. The molecule has 9 nitrogen and oxygen atoms in total. The molecule has 2 aromatic carbocycles. The molecule has 4 N–H and O–H groups in total. The van der Waals surface area contributed by atoms with Gasteiger partial charge >= 0.3 is 0 Å². The number of pyridine rings is 1. The second-order valence-corrected chi connectivity index (χ2v) is 8.03. The number of ether oxygens (including phenoxy) is 1. The van der Waals surface area contributed by atoms with E-state index in [1.165, 1.54) is 0 Å². The van der Waals surface area contributed by atoms with E-state index in [-0.39, 0.29) is 12.6 Å². The van der Waals surface area contributed by atoms with Crippen LogP contribution in [0.15, 0.2) is 85.2 Å². The van der Waals surface area contributed by atoms with Gasteiger partial charge in [-0.15, -0.1) is 10.2 Å². The van der Waals surface area contributed by atoms with Crippen molar-refractivity contribution < 1.29 is 9.84 Å². The minimum absolute atomic E-state index is 0.0174. The summed E-state index contributed by atoms with van der Waals surface area (Å²) in [6.07, 6.45) is 3.25. The molecule has 0 unspecified atom stereocenters. The summed E-state index contributed by atoms with van der Waals surface area (Å²) in [7, 11) is 0. The lowest BCUT2D eigenvalue weighted by Crippen LogP contribution is -2.00. The topological polar surface area (TPSA) is 132 Å². The number of benzene rings is 2. The molecule has 0 fully saturated rings. The zero-order valence-electron chi connectivity index (χ0n) is 19.5. The summed E-state index contributed by atoms with van der Waals surface area (Å²) in [4.78, 5) is 12.6. The van der Waals surface area contributed by atoms with E-state index in [2.05, 4.69) is 30.5 Å². The third kappa shape index (κ3) is 5.11. The molecule has 0 atom stereocenters. The lowest BCUT2D eigenvalue weighted by Gasteiger charge is -2.12. The highest BCUT2D eigenvalue weighted by Gasteiger charge is 2.11. The number of nitrogens with two attached hydrogens (primary N) is 1. The van der Waals surface area contributed by atoms with E-state index in [4.69, 9.17) is 10.5 Å². The van der Waals surface area contributed by atoms with Crippen LogP contribution in [0.1, 0.15) is 11.1 Å². The first-order chi connectivity index (χ1) is 17.6. The van der Waals surface area contributed by atoms with Crippen LogP contribution in [0.4, 0.5) is 17.5 Å². The number of hydrogen-bond donors (Lipinski definition) is 3. The standard InChI is InChI=1S/C27H23N7O2/c1-17-14-24(19-5-2-4-18(15-19)16-35)33-34-25(17)31-20-7-9-21(10-8-20)36-26-22(6-3-12-29-26)23-11-13-30-27(28)32-23/h2-15,35H,16H2,1H3,(H,31,34)(H2,28,30,32). The first-order valence-electron chi connectivity index (χ1n) is 11.2. The number of aromatic nitrogens is 5. The largest absolute Gasteiger partial charge is 0.438 e. The highest BCUT2D eigenvalue weighted by molar-refractivity contribution is 5.67. The van der Waals surface area contributed by atoms with Gasteiger partial charge in [-0.05, 0) is 72.6 Å². The molecular formula is C27H23N7O2. The van der Waals surface area contributed by atoms with Crippen molar-refractivity contribution in [2.75, 3.05) is 11.1 Å². The van der Waals surface area contributed by atoms with E-state index in [0.717, 1.165) is 28.1 Å². The Morgan fingerprint density at radius 3 is 2.53 bits per heavy atom. The second-order valence-electron chi connectivity index (χ2n) is 8.03. The average Bonchev–Trinajstić information content (AvgIpc) is 2.91. The molecule has 178 valence electrons. The second kappa shape index (κ2) is 10.2. The summed E-state index contributed by atoms with van der Waals surface area (Å²) in [5.41, 5.74) is 11.3. The minimum Gasteiger partial charge on any atom is -0.438 e. The van der Waals surface area contributed by atoms with E-state index in [9.17, 15) is 5.11 Å². The molecular weight excluding hydrogens is 454 g/mol. The molecule has 5 rings (SSSR count). The van der Waals surface area contributed by atoms with E-state index < -0.39 is 0 Å². The van der Waals surface area contributed by atoms with Crippen molar-refractivity contribution in [1.29, 1.82) is 0 Å². The summed E-state index contributed by atoms with van der Waals surface area (Å²) < 4.78 is 6.03. The van der Waals surface area contributed by atoms with Crippen molar-refractivity contribution in [3.05, 3.63) is 96.3 Å². The maximum Gasteiger partial charge on any atom is 0.228 e. The van der Waals surface area contributed by atoms with Gasteiger partial charge in [0.25, 0.3) is 0 Å². The van der Waals surface area contributed by atoms with E-state index in [1.807, 2.05) is 73.7 Å². The van der Waals surface area contributed by atoms with Crippen LogP contribution in [0, 0.1) is 6.92 Å². The molecule has 9 heteroatoms. The molecule has 0 saturated heterocycles. The Bertz CT molecular complexity index is 1510. The summed E-state index contributed by atoms with van der Waals surface area (Å²) >= 11 is 0. The van der Waals surface area contributed by atoms with Gasteiger partial charge in [0, 0.05) is 23.6 Å². The Hall–Kier alpha value is -4.89. The lowest BCUT2D eigenvalue weighted by atomic mass is 10.1. The number of nitrogen functional groups attached to an aromatic ring is 1. The lowest BCUT2D eigenvalue weighted by molar-refractivity contribution is 0.282. The van der Waals surface area contributed by atoms with Crippen LogP contribution in [-0.4, -0.2) is 30.3 Å². The van der Waals surface area contributed by atoms with Crippen molar-refractivity contribution >= 4 is 17.5 Å². The van der Waals surface area contributed by atoms with Crippen LogP contribution < -0.4 is 15.8 Å². The fourth-order valence-corrected chi connectivity index (χ4v) is 3.62. The molecule has 0 amide bonds. The highest BCUT2D eigenvalue weighted by Crippen LogP contribution is 2.31. The van der Waals surface area contributed by atoms with Crippen LogP contribution in [0.5, 0.6) is 11.6 Å². The fourth-order valence-electron chi connectivity index (χ4n) is 3.62. The SMILES string of the molecule is Cc1cc(-c2cccc(CO)c2)nnc1Nc1ccc(Oc2ncccc2-c2ccnc(N)n2)cc1. The molecule has 0 spiro atoms. The van der Waals surface area contributed by atoms with Crippen molar-refractivity contribution in [2.24, 2.45) is 0 Å². The Labute approximate surface area is 207 Å². The van der Waals surface area contributed by atoms with Crippen LogP contribution in [0.25, 0.3) is 22.5 Å². The van der Waals surface area contributed by atoms with Gasteiger partial charge in [-0.25, -0.2) is 15.0 Å². The molecule has 5 aromatic rings. The highest BCUT2D eigenvalue weighted by atomic mass is 16.5. The third-order valence-corrected chi connectivity index (χ3v) is 5.44. The minimum atomic E-state index is -0.0174. The molecule has 0 aliphatic heterocycles. The number of nitrogens with one attached hydrogen (secondary N) is 1. The predicted octanol–water partition coefficient (Wildman–Crippen LogP) is 4.91. The van der Waals surface area contributed by atoms with Gasteiger partial charge in [0.05, 0.1) is 23.6 Å². The van der Waals surface area contributed by atoms with Gasteiger partial charge in [-0.1, -0.05) is 18.2 Å². The molecule has 36 heavy (non-hydrogen) atoms. The number of aliphatic hydroxyl groups is 1. The smallest absolute Gasteiger partial charge is 0.228 e. The van der Waals surface area contributed by atoms with Gasteiger partial charge in [-0.3, -0.25) is 0 Å². The zero-order chi connectivity index (χ0) is 24.9. The summed E-state index contributed by atoms with van der Waals surface area (Å²) in [5, 5.41) is 21.4. The number of rotatable bonds is 7. The van der Waals surface area contributed by atoms with Gasteiger partial charge in [0.1, 0.15) is 5.75 Å². The number of nitrogens with zero attached hydrogens (tertiary/aromatic N) is 5. The van der Waals surface area contributed by atoms with Crippen molar-refractivity contribution in [1.82, 2.24) is 25.1 Å². The van der Waals surface area contributed by atoms with Crippen molar-refractivity contribution in [3.8, 4) is 34.1 Å². The van der Waals surface area contributed by atoms with Crippen LogP contribution >= 0.6 is 0 Å². The number of hydrogen-bond acceptors (Lipinski definition) is 9. The van der Waals surface area contributed by atoms with E-state index in [0.29, 0.717) is 28.7 Å². The summed E-state index contributed by atoms with van der Waals surface area (Å²) in [5.74, 6) is 1.87. The predicted molar refractivity (Wildman–Crippen MR) is 138 cm³/mol. The third-order valence-electron chi connectivity index (χ3n) is 5.44. The molecule has 0 saturated carbocycles. The maximum atomic E-state index is 9.38. The molecule has 3 aromatic heterocycles. The molecule has 3 heterocycles.